The maximum Gasteiger partial charge on any atom is 0.129 e. The molecule has 1 aliphatic heterocycles. The zero-order valence-corrected chi connectivity index (χ0v) is 16.1. The van der Waals surface area contributed by atoms with Crippen molar-refractivity contribution in [3.8, 4) is 5.75 Å². The summed E-state index contributed by atoms with van der Waals surface area (Å²) in [7, 11) is 0. The predicted octanol–water partition coefficient (Wildman–Crippen LogP) is 2.91. The average molecular weight is 377 g/mol. The molecule has 0 unspecified atom stereocenters. The van der Waals surface area contributed by atoms with E-state index in [4.69, 9.17) is 15.9 Å². The van der Waals surface area contributed by atoms with Crippen LogP contribution < -0.4 is 15.4 Å². The van der Waals surface area contributed by atoms with Gasteiger partial charge in [-0.05, 0) is 56.0 Å². The van der Waals surface area contributed by atoms with E-state index >= 15 is 0 Å². The number of nitrogens with zero attached hydrogens (tertiary/aromatic N) is 3. The highest BCUT2D eigenvalue weighted by atomic mass is 16.5. The van der Waals surface area contributed by atoms with E-state index in [-0.39, 0.29) is 0 Å². The van der Waals surface area contributed by atoms with Gasteiger partial charge in [0.25, 0.3) is 0 Å². The molecule has 1 saturated heterocycles. The summed E-state index contributed by atoms with van der Waals surface area (Å²) in [5.41, 5.74) is 8.75. The maximum atomic E-state index is 8.72. The van der Waals surface area contributed by atoms with Crippen molar-refractivity contribution >= 4 is 17.2 Å². The Balaban J connectivity index is 1.33. The number of benzene rings is 1. The molecule has 5 rings (SSSR count). The SMILES string of the molecule is N=C(c1ccnc(N2CCN(C3CC3)CC2)c1)c1cc(OC2CC2)ccc1N. The molecule has 0 atom stereocenters. The summed E-state index contributed by atoms with van der Waals surface area (Å²) in [6.45, 7) is 4.18. The molecule has 1 aromatic carbocycles. The molecular weight excluding hydrogens is 350 g/mol. The lowest BCUT2D eigenvalue weighted by Gasteiger charge is -2.35. The number of nitrogens with two attached hydrogens (primary N) is 1. The van der Waals surface area contributed by atoms with E-state index < -0.39 is 0 Å². The highest BCUT2D eigenvalue weighted by Crippen LogP contribution is 2.30. The molecule has 28 heavy (non-hydrogen) atoms. The van der Waals surface area contributed by atoms with Gasteiger partial charge in [0.1, 0.15) is 11.6 Å². The van der Waals surface area contributed by atoms with E-state index in [9.17, 15) is 0 Å². The number of nitrogen functional groups attached to an aromatic ring is 1. The first-order valence-electron chi connectivity index (χ1n) is 10.3. The number of aromatic nitrogens is 1. The second-order valence-electron chi connectivity index (χ2n) is 8.10. The Labute approximate surface area is 165 Å². The van der Waals surface area contributed by atoms with E-state index in [0.717, 1.165) is 62.2 Å². The summed E-state index contributed by atoms with van der Waals surface area (Å²) < 4.78 is 5.88. The van der Waals surface area contributed by atoms with Gasteiger partial charge in [-0.1, -0.05) is 0 Å². The molecule has 3 N–H and O–H groups in total. The second kappa shape index (κ2) is 7.09. The summed E-state index contributed by atoms with van der Waals surface area (Å²) in [5, 5.41) is 8.72. The van der Waals surface area contributed by atoms with Crippen LogP contribution in [-0.2, 0) is 0 Å². The van der Waals surface area contributed by atoms with Crippen LogP contribution in [0.2, 0.25) is 0 Å². The lowest BCUT2D eigenvalue weighted by molar-refractivity contribution is 0.247. The topological polar surface area (TPSA) is 78.5 Å². The summed E-state index contributed by atoms with van der Waals surface area (Å²) in [4.78, 5) is 9.48. The molecule has 2 aliphatic carbocycles. The van der Waals surface area contributed by atoms with Gasteiger partial charge in [-0.3, -0.25) is 10.3 Å². The third-order valence-electron chi connectivity index (χ3n) is 5.86. The number of hydrogen-bond donors (Lipinski definition) is 2. The van der Waals surface area contributed by atoms with Crippen LogP contribution in [0.1, 0.15) is 36.8 Å². The van der Waals surface area contributed by atoms with Crippen molar-refractivity contribution in [1.29, 1.82) is 5.41 Å². The number of pyridine rings is 1. The summed E-state index contributed by atoms with van der Waals surface area (Å²) in [6.07, 6.45) is 7.06. The molecule has 6 heteroatoms. The normalized spacial score (nSPS) is 20.2. The number of ether oxygens (including phenoxy) is 1. The molecule has 0 amide bonds. The first kappa shape index (κ1) is 17.5. The van der Waals surface area contributed by atoms with E-state index in [2.05, 4.69) is 14.8 Å². The Hall–Kier alpha value is -2.60. The number of rotatable bonds is 6. The van der Waals surface area contributed by atoms with Gasteiger partial charge in [0, 0.05) is 55.2 Å². The van der Waals surface area contributed by atoms with E-state index in [0.29, 0.717) is 23.1 Å². The summed E-state index contributed by atoms with van der Waals surface area (Å²) >= 11 is 0. The molecule has 3 fully saturated rings. The molecular formula is C22H27N5O. The minimum absolute atomic E-state index is 0.326. The van der Waals surface area contributed by atoms with Gasteiger partial charge in [-0.25, -0.2) is 4.98 Å². The molecule has 2 heterocycles. The van der Waals surface area contributed by atoms with Crippen molar-refractivity contribution in [3.63, 3.8) is 0 Å². The molecule has 2 aromatic rings. The minimum Gasteiger partial charge on any atom is -0.490 e. The van der Waals surface area contributed by atoms with Crippen LogP contribution in [0.4, 0.5) is 11.5 Å². The van der Waals surface area contributed by atoms with Crippen LogP contribution in [0, 0.1) is 5.41 Å². The second-order valence-corrected chi connectivity index (χ2v) is 8.10. The monoisotopic (exact) mass is 377 g/mol. The fourth-order valence-corrected chi connectivity index (χ4v) is 3.86. The lowest BCUT2D eigenvalue weighted by atomic mass is 10.0. The van der Waals surface area contributed by atoms with Gasteiger partial charge < -0.3 is 15.4 Å². The lowest BCUT2D eigenvalue weighted by Crippen LogP contribution is -2.47. The van der Waals surface area contributed by atoms with E-state index in [1.54, 1.807) is 6.20 Å². The first-order valence-corrected chi connectivity index (χ1v) is 10.3. The van der Waals surface area contributed by atoms with Gasteiger partial charge in [0.2, 0.25) is 0 Å². The quantitative estimate of drug-likeness (QED) is 0.598. The zero-order valence-electron chi connectivity index (χ0n) is 16.1. The van der Waals surface area contributed by atoms with Crippen molar-refractivity contribution in [2.75, 3.05) is 36.8 Å². The molecule has 0 radical (unpaired) electrons. The molecule has 0 bridgehead atoms. The highest BCUT2D eigenvalue weighted by molar-refractivity contribution is 6.14. The van der Waals surface area contributed by atoms with Crippen LogP contribution in [0.25, 0.3) is 0 Å². The fraction of sp³-hybridized carbons (Fsp3) is 0.455. The van der Waals surface area contributed by atoms with Gasteiger partial charge in [-0.15, -0.1) is 0 Å². The van der Waals surface area contributed by atoms with Crippen LogP contribution in [0.5, 0.6) is 5.75 Å². The highest BCUT2D eigenvalue weighted by Gasteiger charge is 2.31. The molecule has 146 valence electrons. The van der Waals surface area contributed by atoms with Crippen LogP contribution >= 0.6 is 0 Å². The van der Waals surface area contributed by atoms with E-state index in [1.807, 2.05) is 30.3 Å². The third kappa shape index (κ3) is 3.69. The number of nitrogens with one attached hydrogen (secondary N) is 1. The Kier molecular flexibility index (Phi) is 4.43. The number of piperazine rings is 1. The number of anilines is 2. The van der Waals surface area contributed by atoms with Crippen LogP contribution in [0.3, 0.4) is 0 Å². The Morgan fingerprint density at radius 2 is 1.82 bits per heavy atom. The smallest absolute Gasteiger partial charge is 0.129 e. The van der Waals surface area contributed by atoms with Crippen molar-refractivity contribution < 1.29 is 4.74 Å². The fourth-order valence-electron chi connectivity index (χ4n) is 3.86. The van der Waals surface area contributed by atoms with Crippen molar-refractivity contribution in [1.82, 2.24) is 9.88 Å². The maximum absolute atomic E-state index is 8.72. The standard InChI is InChI=1S/C22H27N5O/c23-20-6-5-18(28-17-3-4-17)14-19(20)22(24)15-7-8-25-21(13-15)27-11-9-26(10-12-27)16-1-2-16/h5-8,13-14,16-17,24H,1-4,9-12,23H2. The van der Waals surface area contributed by atoms with Crippen molar-refractivity contribution in [2.45, 2.75) is 37.8 Å². The molecule has 2 saturated carbocycles. The van der Waals surface area contributed by atoms with Gasteiger partial charge >= 0.3 is 0 Å². The number of hydrogen-bond acceptors (Lipinski definition) is 6. The van der Waals surface area contributed by atoms with E-state index in [1.165, 1.54) is 12.8 Å². The zero-order chi connectivity index (χ0) is 19.1. The molecule has 6 nitrogen and oxygen atoms in total. The van der Waals surface area contributed by atoms with Gasteiger partial charge in [0.15, 0.2) is 0 Å². The summed E-state index contributed by atoms with van der Waals surface area (Å²) in [6, 6.07) is 10.3. The largest absolute Gasteiger partial charge is 0.490 e. The van der Waals surface area contributed by atoms with Crippen molar-refractivity contribution in [2.24, 2.45) is 0 Å². The minimum atomic E-state index is 0.326. The Bertz CT molecular complexity index is 882. The van der Waals surface area contributed by atoms with Crippen LogP contribution in [-0.4, -0.2) is 53.9 Å². The van der Waals surface area contributed by atoms with Crippen molar-refractivity contribution in [3.05, 3.63) is 47.7 Å². The summed E-state index contributed by atoms with van der Waals surface area (Å²) in [5.74, 6) is 1.74. The third-order valence-corrected chi connectivity index (χ3v) is 5.86. The Morgan fingerprint density at radius 1 is 1.04 bits per heavy atom. The first-order chi connectivity index (χ1) is 13.7. The molecule has 3 aliphatic rings. The molecule has 1 aromatic heterocycles. The average Bonchev–Trinajstić information content (AvgIpc) is 3.63. The predicted molar refractivity (Wildman–Crippen MR) is 111 cm³/mol. The molecule has 0 spiro atoms. The van der Waals surface area contributed by atoms with Crippen LogP contribution in [0.15, 0.2) is 36.5 Å². The Morgan fingerprint density at radius 3 is 2.54 bits per heavy atom. The van der Waals surface area contributed by atoms with Gasteiger partial charge in [0.05, 0.1) is 11.8 Å². The van der Waals surface area contributed by atoms with Gasteiger partial charge in [-0.2, -0.15) is 0 Å².